The topological polar surface area (TPSA) is 92.4 Å². The molecular formula is C17H12ClN5O2. The number of nitrogens with zero attached hydrogens (tertiary/aromatic N) is 4. The van der Waals surface area contributed by atoms with E-state index in [4.69, 9.17) is 11.6 Å². The van der Waals surface area contributed by atoms with E-state index in [2.05, 4.69) is 20.3 Å². The Morgan fingerprint density at radius 2 is 2.20 bits per heavy atom. The molecule has 0 fully saturated rings. The van der Waals surface area contributed by atoms with E-state index in [1.165, 1.54) is 6.33 Å². The van der Waals surface area contributed by atoms with Gasteiger partial charge in [0.2, 0.25) is 0 Å². The summed E-state index contributed by atoms with van der Waals surface area (Å²) in [7, 11) is 0. The number of hydrogen-bond acceptors (Lipinski definition) is 5. The van der Waals surface area contributed by atoms with Gasteiger partial charge in [0, 0.05) is 17.8 Å². The van der Waals surface area contributed by atoms with E-state index >= 15 is 0 Å². The van der Waals surface area contributed by atoms with E-state index in [0.717, 1.165) is 5.56 Å². The number of aromatic carboxylic acids is 1. The molecule has 0 amide bonds. The summed E-state index contributed by atoms with van der Waals surface area (Å²) < 4.78 is 1.68. The number of carboxylic acids is 1. The molecule has 3 aromatic heterocycles. The highest BCUT2D eigenvalue weighted by Gasteiger charge is 2.18. The minimum absolute atomic E-state index is 0.0631. The number of rotatable bonds is 4. The Morgan fingerprint density at radius 1 is 1.32 bits per heavy atom. The van der Waals surface area contributed by atoms with Gasteiger partial charge in [-0.25, -0.2) is 14.8 Å². The summed E-state index contributed by atoms with van der Waals surface area (Å²) in [5.41, 5.74) is 2.66. The number of carbonyl (C=O) groups is 1. The largest absolute Gasteiger partial charge is 0.476 e. The summed E-state index contributed by atoms with van der Waals surface area (Å²) >= 11 is 6.01. The van der Waals surface area contributed by atoms with Gasteiger partial charge in [0.15, 0.2) is 11.5 Å². The van der Waals surface area contributed by atoms with Gasteiger partial charge in [0.05, 0.1) is 17.2 Å². The molecule has 0 spiro atoms. The molecule has 0 aliphatic rings. The van der Waals surface area contributed by atoms with Gasteiger partial charge >= 0.3 is 5.97 Å². The summed E-state index contributed by atoms with van der Waals surface area (Å²) in [4.78, 5) is 24.2. The Balaban J connectivity index is 1.85. The van der Waals surface area contributed by atoms with Gasteiger partial charge in [-0.3, -0.25) is 9.38 Å². The number of fused-ring (bicyclic) bond motifs is 3. The standard InChI is InChI=1S/C17H12ClN5O2/c18-11-3-1-2-10(6-11)7-20-16-15-14(17(24)25)21-9-23(15)13-8-19-5-4-12(13)22-16/h1-6,8-9H,7H2,(H,20,22)(H,24,25). The fourth-order valence-electron chi connectivity index (χ4n) is 2.70. The molecule has 0 unspecified atom stereocenters. The van der Waals surface area contributed by atoms with Crippen LogP contribution < -0.4 is 5.32 Å². The second kappa shape index (κ2) is 6.03. The van der Waals surface area contributed by atoms with Crippen molar-refractivity contribution in [2.75, 3.05) is 5.32 Å². The number of carboxylic acid groups (broad SMARTS) is 1. The molecule has 3 heterocycles. The summed E-state index contributed by atoms with van der Waals surface area (Å²) in [5.74, 6) is -0.674. The molecule has 0 aliphatic heterocycles. The van der Waals surface area contributed by atoms with Crippen LogP contribution in [0.15, 0.2) is 49.1 Å². The molecule has 0 saturated carbocycles. The highest BCUT2D eigenvalue weighted by molar-refractivity contribution is 6.30. The van der Waals surface area contributed by atoms with Crippen LogP contribution >= 0.6 is 11.6 Å². The third-order valence-corrected chi connectivity index (χ3v) is 4.05. The van der Waals surface area contributed by atoms with Crippen LogP contribution in [0, 0.1) is 0 Å². The van der Waals surface area contributed by atoms with Gasteiger partial charge in [-0.1, -0.05) is 23.7 Å². The number of halogens is 1. The zero-order chi connectivity index (χ0) is 17.4. The zero-order valence-corrected chi connectivity index (χ0v) is 13.6. The van der Waals surface area contributed by atoms with Crippen molar-refractivity contribution in [3.63, 3.8) is 0 Å². The first-order valence-corrected chi connectivity index (χ1v) is 7.83. The maximum absolute atomic E-state index is 11.5. The Morgan fingerprint density at radius 3 is 3.00 bits per heavy atom. The molecule has 7 nitrogen and oxygen atoms in total. The molecule has 0 atom stereocenters. The predicted octanol–water partition coefficient (Wildman–Crippen LogP) is 3.24. The van der Waals surface area contributed by atoms with E-state index in [9.17, 15) is 9.90 Å². The third-order valence-electron chi connectivity index (χ3n) is 3.81. The van der Waals surface area contributed by atoms with Gasteiger partial charge in [-0.15, -0.1) is 0 Å². The molecule has 0 saturated heterocycles. The second-order valence-electron chi connectivity index (χ2n) is 5.43. The first-order chi connectivity index (χ1) is 12.1. The van der Waals surface area contributed by atoms with E-state index in [1.807, 2.05) is 18.2 Å². The van der Waals surface area contributed by atoms with Gasteiger partial charge in [-0.2, -0.15) is 0 Å². The molecule has 2 N–H and O–H groups in total. The van der Waals surface area contributed by atoms with Crippen LogP contribution in [0.2, 0.25) is 5.02 Å². The molecule has 4 rings (SSSR count). The fourth-order valence-corrected chi connectivity index (χ4v) is 2.92. The molecule has 0 aliphatic carbocycles. The second-order valence-corrected chi connectivity index (χ2v) is 5.86. The molecule has 1 aromatic carbocycles. The van der Waals surface area contributed by atoms with Crippen molar-refractivity contribution < 1.29 is 9.90 Å². The van der Waals surface area contributed by atoms with Gasteiger partial charge in [0.1, 0.15) is 11.8 Å². The maximum atomic E-state index is 11.5. The van der Waals surface area contributed by atoms with Crippen molar-refractivity contribution in [2.45, 2.75) is 6.54 Å². The highest BCUT2D eigenvalue weighted by Crippen LogP contribution is 2.24. The Bertz CT molecular complexity index is 1110. The average Bonchev–Trinajstić information content (AvgIpc) is 3.05. The SMILES string of the molecule is O=C(O)c1ncn2c1c(NCc1cccc(Cl)c1)nc1ccncc12. The molecular weight excluding hydrogens is 342 g/mol. The number of hydrogen-bond donors (Lipinski definition) is 2. The quantitative estimate of drug-likeness (QED) is 0.585. The summed E-state index contributed by atoms with van der Waals surface area (Å²) in [6.45, 7) is 0.448. The summed E-state index contributed by atoms with van der Waals surface area (Å²) in [6.07, 6.45) is 4.73. The smallest absolute Gasteiger partial charge is 0.356 e. The number of benzene rings is 1. The highest BCUT2D eigenvalue weighted by atomic mass is 35.5. The Labute approximate surface area is 146 Å². The minimum Gasteiger partial charge on any atom is -0.476 e. The lowest BCUT2D eigenvalue weighted by Crippen LogP contribution is -2.07. The van der Waals surface area contributed by atoms with E-state index in [0.29, 0.717) is 33.9 Å². The van der Waals surface area contributed by atoms with Crippen molar-refractivity contribution in [2.24, 2.45) is 0 Å². The number of anilines is 1. The van der Waals surface area contributed by atoms with E-state index in [-0.39, 0.29) is 5.69 Å². The minimum atomic E-state index is -1.11. The van der Waals surface area contributed by atoms with Crippen LogP contribution in [0.4, 0.5) is 5.82 Å². The lowest BCUT2D eigenvalue weighted by atomic mass is 10.2. The summed E-state index contributed by atoms with van der Waals surface area (Å²) in [5, 5.41) is 13.3. The Kier molecular flexibility index (Phi) is 3.70. The van der Waals surface area contributed by atoms with Gasteiger partial charge in [0.25, 0.3) is 0 Å². The van der Waals surface area contributed by atoms with Crippen LogP contribution in [0.5, 0.6) is 0 Å². The van der Waals surface area contributed by atoms with Crippen molar-refractivity contribution in [3.05, 3.63) is 65.3 Å². The van der Waals surface area contributed by atoms with E-state index < -0.39 is 5.97 Å². The van der Waals surface area contributed by atoms with Crippen LogP contribution in [-0.2, 0) is 6.54 Å². The van der Waals surface area contributed by atoms with Crippen molar-refractivity contribution in [1.29, 1.82) is 0 Å². The maximum Gasteiger partial charge on any atom is 0.356 e. The van der Waals surface area contributed by atoms with Gasteiger partial charge < -0.3 is 10.4 Å². The number of pyridine rings is 1. The molecule has 8 heteroatoms. The third kappa shape index (κ3) is 2.74. The van der Waals surface area contributed by atoms with Gasteiger partial charge in [-0.05, 0) is 23.8 Å². The first kappa shape index (κ1) is 15.3. The normalized spacial score (nSPS) is 11.1. The van der Waals surface area contributed by atoms with Crippen molar-refractivity contribution >= 4 is 39.9 Å². The average molecular weight is 354 g/mol. The lowest BCUT2D eigenvalue weighted by Gasteiger charge is -2.10. The number of aromatic nitrogens is 4. The van der Waals surface area contributed by atoms with Crippen molar-refractivity contribution in [3.8, 4) is 0 Å². The molecule has 4 aromatic rings. The number of imidazole rings is 1. The summed E-state index contributed by atoms with van der Waals surface area (Å²) in [6, 6.07) is 9.18. The first-order valence-electron chi connectivity index (χ1n) is 7.46. The molecule has 0 bridgehead atoms. The Hall–Kier alpha value is -3.19. The van der Waals surface area contributed by atoms with E-state index in [1.54, 1.807) is 28.9 Å². The monoisotopic (exact) mass is 353 g/mol. The number of nitrogens with one attached hydrogen (secondary N) is 1. The van der Waals surface area contributed by atoms with Crippen LogP contribution in [0.25, 0.3) is 16.6 Å². The fraction of sp³-hybridized carbons (Fsp3) is 0.0588. The van der Waals surface area contributed by atoms with Crippen LogP contribution in [0.3, 0.4) is 0 Å². The predicted molar refractivity (Wildman–Crippen MR) is 94.0 cm³/mol. The zero-order valence-electron chi connectivity index (χ0n) is 12.8. The molecule has 124 valence electrons. The molecule has 25 heavy (non-hydrogen) atoms. The van der Waals surface area contributed by atoms with Crippen LogP contribution in [-0.4, -0.2) is 30.4 Å². The lowest BCUT2D eigenvalue weighted by molar-refractivity contribution is 0.0693. The van der Waals surface area contributed by atoms with Crippen LogP contribution in [0.1, 0.15) is 16.1 Å². The molecule has 0 radical (unpaired) electrons. The van der Waals surface area contributed by atoms with Crippen molar-refractivity contribution in [1.82, 2.24) is 19.4 Å².